The van der Waals surface area contributed by atoms with E-state index in [0.29, 0.717) is 13.0 Å². The number of nitrogens with zero attached hydrogens (tertiary/aromatic N) is 2. The normalized spacial score (nSPS) is 23.8. The molecular formula is C14H19BrF2N2O. The van der Waals surface area contributed by atoms with Gasteiger partial charge >= 0.3 is 0 Å². The molecule has 0 aliphatic carbocycles. The van der Waals surface area contributed by atoms with Crippen LogP contribution in [0.3, 0.4) is 0 Å². The van der Waals surface area contributed by atoms with Gasteiger partial charge in [-0.2, -0.15) is 0 Å². The monoisotopic (exact) mass is 348 g/mol. The summed E-state index contributed by atoms with van der Waals surface area (Å²) in [5, 5.41) is 9.80. The Morgan fingerprint density at radius 2 is 2.10 bits per heavy atom. The van der Waals surface area contributed by atoms with Crippen LogP contribution in [0.5, 0.6) is 0 Å². The van der Waals surface area contributed by atoms with E-state index >= 15 is 0 Å². The average Bonchev–Trinajstić information content (AvgIpc) is 2.69. The SMILES string of the molecule is CN(C)CC1CC(O)CN1Cc1c(F)ccc(Br)c1F. The van der Waals surface area contributed by atoms with Gasteiger partial charge in [0.25, 0.3) is 0 Å². The van der Waals surface area contributed by atoms with Crippen molar-refractivity contribution in [3.8, 4) is 0 Å². The maximum Gasteiger partial charge on any atom is 0.144 e. The van der Waals surface area contributed by atoms with Crippen molar-refractivity contribution in [2.75, 3.05) is 27.2 Å². The maximum atomic E-state index is 14.0. The molecule has 3 nitrogen and oxygen atoms in total. The minimum absolute atomic E-state index is 0.0530. The Labute approximate surface area is 126 Å². The number of likely N-dealkylation sites (N-methyl/N-ethyl adjacent to an activating group) is 1. The van der Waals surface area contributed by atoms with E-state index in [-0.39, 0.29) is 22.6 Å². The van der Waals surface area contributed by atoms with Crippen molar-refractivity contribution in [3.05, 3.63) is 33.8 Å². The Morgan fingerprint density at radius 1 is 1.40 bits per heavy atom. The third-order valence-electron chi connectivity index (χ3n) is 3.58. The van der Waals surface area contributed by atoms with Gasteiger partial charge in [0, 0.05) is 31.2 Å². The summed E-state index contributed by atoms with van der Waals surface area (Å²) in [6.07, 6.45) is 0.202. The molecule has 1 fully saturated rings. The minimum atomic E-state index is -0.560. The molecule has 6 heteroatoms. The van der Waals surface area contributed by atoms with E-state index in [2.05, 4.69) is 15.9 Å². The second-order valence-corrected chi connectivity index (χ2v) is 6.41. The molecule has 0 radical (unpaired) electrons. The van der Waals surface area contributed by atoms with E-state index in [1.54, 1.807) is 0 Å². The van der Waals surface area contributed by atoms with Crippen molar-refractivity contribution >= 4 is 15.9 Å². The molecule has 2 atom stereocenters. The van der Waals surface area contributed by atoms with Crippen LogP contribution in [-0.2, 0) is 6.54 Å². The largest absolute Gasteiger partial charge is 0.392 e. The second kappa shape index (κ2) is 6.47. The van der Waals surface area contributed by atoms with Crippen molar-refractivity contribution < 1.29 is 13.9 Å². The molecule has 1 heterocycles. The summed E-state index contributed by atoms with van der Waals surface area (Å²) in [4.78, 5) is 3.96. The highest BCUT2D eigenvalue weighted by Crippen LogP contribution is 2.26. The van der Waals surface area contributed by atoms with Crippen LogP contribution < -0.4 is 0 Å². The van der Waals surface area contributed by atoms with E-state index in [0.717, 1.165) is 6.54 Å². The van der Waals surface area contributed by atoms with Gasteiger partial charge in [-0.3, -0.25) is 4.90 Å². The van der Waals surface area contributed by atoms with Crippen molar-refractivity contribution in [3.63, 3.8) is 0 Å². The number of hydrogen-bond acceptors (Lipinski definition) is 3. The average molecular weight is 349 g/mol. The van der Waals surface area contributed by atoms with Gasteiger partial charge < -0.3 is 10.0 Å². The first-order valence-electron chi connectivity index (χ1n) is 6.57. The molecule has 1 aliphatic heterocycles. The number of aliphatic hydroxyl groups is 1. The van der Waals surface area contributed by atoms with Crippen LogP contribution in [0.2, 0.25) is 0 Å². The van der Waals surface area contributed by atoms with Gasteiger partial charge in [0.15, 0.2) is 0 Å². The predicted octanol–water partition coefficient (Wildman–Crippen LogP) is 2.22. The zero-order valence-corrected chi connectivity index (χ0v) is 13.2. The molecule has 0 saturated carbocycles. The third-order valence-corrected chi connectivity index (χ3v) is 4.19. The predicted molar refractivity (Wildman–Crippen MR) is 77.4 cm³/mol. The number of hydrogen-bond donors (Lipinski definition) is 1. The first-order chi connectivity index (χ1) is 9.38. The van der Waals surface area contributed by atoms with Gasteiger partial charge in [-0.25, -0.2) is 8.78 Å². The second-order valence-electron chi connectivity index (χ2n) is 5.56. The lowest BCUT2D eigenvalue weighted by molar-refractivity contribution is 0.167. The Hall–Kier alpha value is -0.560. The highest BCUT2D eigenvalue weighted by atomic mass is 79.9. The molecule has 1 aromatic rings. The molecule has 112 valence electrons. The third kappa shape index (κ3) is 3.55. The molecule has 0 spiro atoms. The number of likely N-dealkylation sites (tertiary alicyclic amines) is 1. The van der Waals surface area contributed by atoms with Crippen molar-refractivity contribution in [2.24, 2.45) is 0 Å². The van der Waals surface area contributed by atoms with E-state index < -0.39 is 17.7 Å². The number of aliphatic hydroxyl groups excluding tert-OH is 1. The van der Waals surface area contributed by atoms with Crippen LogP contribution in [0, 0.1) is 11.6 Å². The molecule has 1 aromatic carbocycles. The van der Waals surface area contributed by atoms with Crippen LogP contribution in [0.15, 0.2) is 16.6 Å². The number of β-amino-alcohol motifs (C(OH)–C–C–N with tert-alkyl or cyclic N) is 1. The van der Waals surface area contributed by atoms with Gasteiger partial charge in [0.2, 0.25) is 0 Å². The lowest BCUT2D eigenvalue weighted by atomic mass is 10.1. The van der Waals surface area contributed by atoms with Gasteiger partial charge in [-0.05, 0) is 48.6 Å². The first kappa shape index (κ1) is 15.8. The molecule has 1 aliphatic rings. The Bertz CT molecular complexity index is 484. The summed E-state index contributed by atoms with van der Waals surface area (Å²) < 4.78 is 28.1. The fourth-order valence-electron chi connectivity index (χ4n) is 2.68. The van der Waals surface area contributed by atoms with Crippen LogP contribution in [0.4, 0.5) is 8.78 Å². The van der Waals surface area contributed by atoms with Crippen LogP contribution in [0.1, 0.15) is 12.0 Å². The molecular weight excluding hydrogens is 330 g/mol. The van der Waals surface area contributed by atoms with E-state index in [1.807, 2.05) is 23.9 Å². The fourth-order valence-corrected chi connectivity index (χ4v) is 3.05. The van der Waals surface area contributed by atoms with Crippen LogP contribution >= 0.6 is 15.9 Å². The standard InChI is InChI=1S/C14H19BrF2N2O/c1-18(2)6-9-5-10(20)7-19(9)8-11-13(16)4-3-12(15)14(11)17/h3-4,9-10,20H,5-8H2,1-2H3. The zero-order chi connectivity index (χ0) is 14.9. The number of rotatable bonds is 4. The van der Waals surface area contributed by atoms with Gasteiger partial charge in [-0.1, -0.05) is 0 Å². The Morgan fingerprint density at radius 3 is 2.75 bits per heavy atom. The topological polar surface area (TPSA) is 26.7 Å². The molecule has 0 amide bonds. The quantitative estimate of drug-likeness (QED) is 0.845. The number of halogens is 3. The molecule has 0 bridgehead atoms. The molecule has 2 unspecified atom stereocenters. The van der Waals surface area contributed by atoms with Crippen LogP contribution in [-0.4, -0.2) is 54.2 Å². The van der Waals surface area contributed by atoms with E-state index in [1.165, 1.54) is 12.1 Å². The lowest BCUT2D eigenvalue weighted by Crippen LogP contribution is -2.37. The summed E-state index contributed by atoms with van der Waals surface area (Å²) >= 11 is 3.08. The summed E-state index contributed by atoms with van der Waals surface area (Å²) in [7, 11) is 3.90. The van der Waals surface area contributed by atoms with Crippen molar-refractivity contribution in [2.45, 2.75) is 25.1 Å². The molecule has 1 saturated heterocycles. The maximum absolute atomic E-state index is 14.0. The first-order valence-corrected chi connectivity index (χ1v) is 7.37. The van der Waals surface area contributed by atoms with E-state index in [9.17, 15) is 13.9 Å². The summed E-state index contributed by atoms with van der Waals surface area (Å²) in [6, 6.07) is 2.73. The minimum Gasteiger partial charge on any atom is -0.392 e. The summed E-state index contributed by atoms with van der Waals surface area (Å²) in [6.45, 7) is 1.38. The molecule has 1 N–H and O–H groups in total. The molecule has 0 aromatic heterocycles. The van der Waals surface area contributed by atoms with Crippen LogP contribution in [0.25, 0.3) is 0 Å². The van der Waals surface area contributed by atoms with Gasteiger partial charge in [-0.15, -0.1) is 0 Å². The highest BCUT2D eigenvalue weighted by Gasteiger charge is 2.32. The molecule has 2 rings (SSSR count). The Balaban J connectivity index is 2.18. The van der Waals surface area contributed by atoms with Crippen molar-refractivity contribution in [1.82, 2.24) is 9.80 Å². The zero-order valence-electron chi connectivity index (χ0n) is 11.6. The highest BCUT2D eigenvalue weighted by molar-refractivity contribution is 9.10. The van der Waals surface area contributed by atoms with E-state index in [4.69, 9.17) is 0 Å². The van der Waals surface area contributed by atoms with Gasteiger partial charge in [0.05, 0.1) is 10.6 Å². The fraction of sp³-hybridized carbons (Fsp3) is 0.571. The van der Waals surface area contributed by atoms with Gasteiger partial charge in [0.1, 0.15) is 11.6 Å². The smallest absolute Gasteiger partial charge is 0.144 e. The Kier molecular flexibility index (Phi) is 5.12. The summed E-state index contributed by atoms with van der Waals surface area (Å²) in [5.74, 6) is -1.11. The van der Waals surface area contributed by atoms with Crippen molar-refractivity contribution in [1.29, 1.82) is 0 Å². The molecule has 20 heavy (non-hydrogen) atoms. The number of benzene rings is 1. The summed E-state index contributed by atoms with van der Waals surface area (Å²) in [5.41, 5.74) is 0.0530. The lowest BCUT2D eigenvalue weighted by Gasteiger charge is -2.27.